The van der Waals surface area contributed by atoms with E-state index in [9.17, 15) is 0 Å². The third-order valence-electron chi connectivity index (χ3n) is 2.44. The fraction of sp³-hybridized carbons (Fsp3) is 0.143. The van der Waals surface area contributed by atoms with Gasteiger partial charge < -0.3 is 10.5 Å². The van der Waals surface area contributed by atoms with Crippen molar-refractivity contribution >= 4 is 5.69 Å². The smallest absolute Gasteiger partial charge is 0.120 e. The molecule has 0 aromatic heterocycles. The molecule has 0 aliphatic carbocycles. The van der Waals surface area contributed by atoms with Gasteiger partial charge in [0.1, 0.15) is 12.4 Å². The molecule has 0 spiro atoms. The molecule has 0 radical (unpaired) electrons. The zero-order chi connectivity index (χ0) is 11.4. The third kappa shape index (κ3) is 2.54. The second-order valence-electron chi connectivity index (χ2n) is 3.80. The number of rotatable bonds is 3. The van der Waals surface area contributed by atoms with Gasteiger partial charge in [0, 0.05) is 11.3 Å². The quantitative estimate of drug-likeness (QED) is 0.795. The van der Waals surface area contributed by atoms with Crippen LogP contribution in [0, 0.1) is 6.92 Å². The first-order valence-corrected chi connectivity index (χ1v) is 5.28. The van der Waals surface area contributed by atoms with Gasteiger partial charge in [-0.05, 0) is 30.7 Å². The maximum atomic E-state index is 5.83. The number of nitrogens with two attached hydrogens (primary N) is 1. The number of aryl methyl sites for hydroxylation is 1. The summed E-state index contributed by atoms with van der Waals surface area (Å²) >= 11 is 0. The first-order valence-electron chi connectivity index (χ1n) is 5.28. The van der Waals surface area contributed by atoms with E-state index in [4.69, 9.17) is 10.5 Å². The standard InChI is InChI=1S/C14H15NO/c1-11-5-4-7-13(9-11)16-10-12-6-2-3-8-14(12)15/h2-9H,10,15H2,1H3. The fourth-order valence-electron chi connectivity index (χ4n) is 1.53. The first kappa shape index (κ1) is 10.6. The van der Waals surface area contributed by atoms with Gasteiger partial charge in [0.2, 0.25) is 0 Å². The Morgan fingerprint density at radius 3 is 2.62 bits per heavy atom. The van der Waals surface area contributed by atoms with Gasteiger partial charge in [0.25, 0.3) is 0 Å². The largest absolute Gasteiger partial charge is 0.489 e. The van der Waals surface area contributed by atoms with E-state index in [1.807, 2.05) is 55.5 Å². The summed E-state index contributed by atoms with van der Waals surface area (Å²) in [5, 5.41) is 0. The van der Waals surface area contributed by atoms with Crippen molar-refractivity contribution in [3.05, 3.63) is 59.7 Å². The molecule has 0 saturated carbocycles. The number of benzene rings is 2. The summed E-state index contributed by atoms with van der Waals surface area (Å²) in [6.45, 7) is 2.56. The molecule has 16 heavy (non-hydrogen) atoms. The molecule has 2 aromatic rings. The summed E-state index contributed by atoms with van der Waals surface area (Å²) in [4.78, 5) is 0. The Morgan fingerprint density at radius 2 is 1.88 bits per heavy atom. The number of hydrogen-bond acceptors (Lipinski definition) is 2. The molecule has 2 N–H and O–H groups in total. The van der Waals surface area contributed by atoms with E-state index in [1.165, 1.54) is 5.56 Å². The van der Waals surface area contributed by atoms with Crippen LogP contribution in [0.25, 0.3) is 0 Å². The Kier molecular flexibility index (Phi) is 3.10. The van der Waals surface area contributed by atoms with Crippen molar-refractivity contribution in [1.29, 1.82) is 0 Å². The van der Waals surface area contributed by atoms with Gasteiger partial charge in [-0.25, -0.2) is 0 Å². The van der Waals surface area contributed by atoms with Gasteiger partial charge in [-0.2, -0.15) is 0 Å². The molecule has 0 bridgehead atoms. The molecule has 2 rings (SSSR count). The first-order chi connectivity index (χ1) is 7.75. The summed E-state index contributed by atoms with van der Waals surface area (Å²) in [5.74, 6) is 0.878. The topological polar surface area (TPSA) is 35.2 Å². The predicted octanol–water partition coefficient (Wildman–Crippen LogP) is 3.16. The molecule has 82 valence electrons. The van der Waals surface area contributed by atoms with E-state index in [0.717, 1.165) is 17.0 Å². The highest BCUT2D eigenvalue weighted by atomic mass is 16.5. The molecule has 0 saturated heterocycles. The van der Waals surface area contributed by atoms with Crippen LogP contribution in [0.1, 0.15) is 11.1 Å². The van der Waals surface area contributed by atoms with Crippen molar-refractivity contribution in [3.8, 4) is 5.75 Å². The highest BCUT2D eigenvalue weighted by Gasteiger charge is 1.99. The molecule has 0 fully saturated rings. The minimum Gasteiger partial charge on any atom is -0.489 e. The van der Waals surface area contributed by atoms with Crippen LogP contribution in [0.4, 0.5) is 5.69 Å². The highest BCUT2D eigenvalue weighted by molar-refractivity contribution is 5.46. The predicted molar refractivity (Wildman–Crippen MR) is 66.4 cm³/mol. The Labute approximate surface area is 95.7 Å². The number of nitrogen functional groups attached to an aromatic ring is 1. The van der Waals surface area contributed by atoms with E-state index in [0.29, 0.717) is 6.61 Å². The average molecular weight is 213 g/mol. The summed E-state index contributed by atoms with van der Waals surface area (Å²) in [7, 11) is 0. The Morgan fingerprint density at radius 1 is 1.06 bits per heavy atom. The maximum absolute atomic E-state index is 5.83. The Hall–Kier alpha value is -1.96. The lowest BCUT2D eigenvalue weighted by molar-refractivity contribution is 0.306. The Balaban J connectivity index is 2.05. The SMILES string of the molecule is Cc1cccc(OCc2ccccc2N)c1. The van der Waals surface area contributed by atoms with Crippen molar-refractivity contribution in [2.45, 2.75) is 13.5 Å². The summed E-state index contributed by atoms with van der Waals surface area (Å²) < 4.78 is 5.67. The Bertz CT molecular complexity index is 480. The zero-order valence-electron chi connectivity index (χ0n) is 9.31. The average Bonchev–Trinajstić information content (AvgIpc) is 2.28. The second-order valence-corrected chi connectivity index (χ2v) is 3.80. The van der Waals surface area contributed by atoms with E-state index < -0.39 is 0 Å². The van der Waals surface area contributed by atoms with Crippen LogP contribution in [-0.4, -0.2) is 0 Å². The monoisotopic (exact) mass is 213 g/mol. The molecule has 0 aliphatic rings. The van der Waals surface area contributed by atoms with Crippen molar-refractivity contribution in [3.63, 3.8) is 0 Å². The fourth-order valence-corrected chi connectivity index (χ4v) is 1.53. The zero-order valence-corrected chi connectivity index (χ0v) is 9.31. The van der Waals surface area contributed by atoms with Gasteiger partial charge in [0.15, 0.2) is 0 Å². The van der Waals surface area contributed by atoms with Crippen LogP contribution in [0.3, 0.4) is 0 Å². The van der Waals surface area contributed by atoms with E-state index >= 15 is 0 Å². The van der Waals surface area contributed by atoms with Crippen LogP contribution in [-0.2, 0) is 6.61 Å². The van der Waals surface area contributed by atoms with Crippen molar-refractivity contribution < 1.29 is 4.74 Å². The van der Waals surface area contributed by atoms with Gasteiger partial charge in [-0.3, -0.25) is 0 Å². The molecule has 0 aliphatic heterocycles. The lowest BCUT2D eigenvalue weighted by atomic mass is 10.2. The highest BCUT2D eigenvalue weighted by Crippen LogP contribution is 2.17. The molecule has 0 atom stereocenters. The minimum absolute atomic E-state index is 0.510. The number of hydrogen-bond donors (Lipinski definition) is 1. The molecule has 0 unspecified atom stereocenters. The summed E-state index contributed by atoms with van der Waals surface area (Å²) in [5.41, 5.74) is 8.82. The van der Waals surface area contributed by atoms with Crippen molar-refractivity contribution in [2.75, 3.05) is 5.73 Å². The number of anilines is 1. The maximum Gasteiger partial charge on any atom is 0.120 e. The molecular formula is C14H15NO. The van der Waals surface area contributed by atoms with Crippen LogP contribution in [0.5, 0.6) is 5.75 Å². The second kappa shape index (κ2) is 4.71. The lowest BCUT2D eigenvalue weighted by Crippen LogP contribution is -1.99. The van der Waals surface area contributed by atoms with Gasteiger partial charge in [-0.15, -0.1) is 0 Å². The molecule has 2 heteroatoms. The lowest BCUT2D eigenvalue weighted by Gasteiger charge is -2.08. The van der Waals surface area contributed by atoms with Crippen LogP contribution in [0.2, 0.25) is 0 Å². The number of ether oxygens (including phenoxy) is 1. The minimum atomic E-state index is 0.510. The van der Waals surface area contributed by atoms with Crippen LogP contribution >= 0.6 is 0 Å². The van der Waals surface area contributed by atoms with Crippen molar-refractivity contribution in [1.82, 2.24) is 0 Å². The van der Waals surface area contributed by atoms with Crippen LogP contribution in [0.15, 0.2) is 48.5 Å². The van der Waals surface area contributed by atoms with Crippen molar-refractivity contribution in [2.24, 2.45) is 0 Å². The summed E-state index contributed by atoms with van der Waals surface area (Å²) in [6, 6.07) is 15.7. The van der Waals surface area contributed by atoms with Crippen LogP contribution < -0.4 is 10.5 Å². The molecule has 2 aromatic carbocycles. The normalized spacial score (nSPS) is 10.1. The third-order valence-corrected chi connectivity index (χ3v) is 2.44. The summed E-state index contributed by atoms with van der Waals surface area (Å²) in [6.07, 6.45) is 0. The molecule has 0 amide bonds. The molecule has 0 heterocycles. The molecular weight excluding hydrogens is 198 g/mol. The van der Waals surface area contributed by atoms with E-state index in [2.05, 4.69) is 0 Å². The number of para-hydroxylation sites is 1. The van der Waals surface area contributed by atoms with Gasteiger partial charge in [0.05, 0.1) is 0 Å². The van der Waals surface area contributed by atoms with Gasteiger partial charge in [-0.1, -0.05) is 30.3 Å². The van der Waals surface area contributed by atoms with E-state index in [1.54, 1.807) is 0 Å². The van der Waals surface area contributed by atoms with E-state index in [-0.39, 0.29) is 0 Å². The van der Waals surface area contributed by atoms with Gasteiger partial charge >= 0.3 is 0 Å². The molecule has 2 nitrogen and oxygen atoms in total.